The van der Waals surface area contributed by atoms with Crippen LogP contribution >= 0.6 is 0 Å². The van der Waals surface area contributed by atoms with Gasteiger partial charge in [-0.15, -0.1) is 0 Å². The van der Waals surface area contributed by atoms with Crippen molar-refractivity contribution in [3.63, 3.8) is 0 Å². The number of aryl methyl sites for hydroxylation is 1. The summed E-state index contributed by atoms with van der Waals surface area (Å²) < 4.78 is 1.19. The maximum atomic E-state index is 12.5. The number of aromatic nitrogens is 2. The first kappa shape index (κ1) is 16.3. The molecule has 0 fully saturated rings. The third-order valence-electron chi connectivity index (χ3n) is 4.90. The summed E-state index contributed by atoms with van der Waals surface area (Å²) in [6.45, 7) is 0.507. The van der Waals surface area contributed by atoms with Crippen molar-refractivity contribution < 1.29 is 4.92 Å². The van der Waals surface area contributed by atoms with E-state index < -0.39 is 16.2 Å². The monoisotopic (exact) mass is 350 g/mol. The summed E-state index contributed by atoms with van der Waals surface area (Å²) >= 11 is 0. The highest BCUT2D eigenvalue weighted by molar-refractivity contribution is 5.60. The molecule has 7 heteroatoms. The molecule has 0 bridgehead atoms. The third-order valence-corrected chi connectivity index (χ3v) is 4.90. The minimum Gasteiger partial charge on any atom is -0.363 e. The highest BCUT2D eigenvalue weighted by Crippen LogP contribution is 2.32. The Morgan fingerprint density at radius 1 is 1.23 bits per heavy atom. The second kappa shape index (κ2) is 6.59. The Balaban J connectivity index is 1.69. The van der Waals surface area contributed by atoms with Gasteiger partial charge in [0.05, 0.1) is 4.92 Å². The topological polar surface area (TPSA) is 89.5 Å². The van der Waals surface area contributed by atoms with E-state index in [1.54, 1.807) is 18.2 Å². The smallest absolute Gasteiger partial charge is 0.363 e. The molecule has 0 radical (unpaired) electrons. The van der Waals surface area contributed by atoms with E-state index in [2.05, 4.69) is 22.4 Å². The Hall–Kier alpha value is -3.22. The van der Waals surface area contributed by atoms with Crippen molar-refractivity contribution in [1.29, 1.82) is 0 Å². The Kier molecular flexibility index (Phi) is 4.12. The van der Waals surface area contributed by atoms with E-state index in [0.717, 1.165) is 19.3 Å². The second-order valence-corrected chi connectivity index (χ2v) is 6.47. The number of rotatable bonds is 4. The molecule has 1 unspecified atom stereocenters. The van der Waals surface area contributed by atoms with Gasteiger partial charge in [0.25, 0.3) is 0 Å². The van der Waals surface area contributed by atoms with E-state index in [1.807, 2.05) is 12.1 Å². The molecular weight excluding hydrogens is 332 g/mol. The molecule has 1 N–H and O–H groups in total. The molecule has 0 saturated carbocycles. The molecule has 7 nitrogen and oxygen atoms in total. The van der Waals surface area contributed by atoms with Crippen LogP contribution in [0.25, 0.3) is 5.65 Å². The van der Waals surface area contributed by atoms with Crippen LogP contribution in [0.2, 0.25) is 0 Å². The normalized spacial score (nSPS) is 16.2. The van der Waals surface area contributed by atoms with Crippen LogP contribution in [-0.4, -0.2) is 20.9 Å². The number of nitro groups is 1. The highest BCUT2D eigenvalue weighted by Gasteiger charge is 2.25. The van der Waals surface area contributed by atoms with Crippen molar-refractivity contribution >= 4 is 17.2 Å². The first-order valence-electron chi connectivity index (χ1n) is 8.62. The average molecular weight is 350 g/mol. The van der Waals surface area contributed by atoms with Crippen LogP contribution in [0.15, 0.2) is 53.5 Å². The van der Waals surface area contributed by atoms with Crippen LogP contribution in [0.1, 0.15) is 29.9 Å². The molecule has 1 aromatic carbocycles. The third kappa shape index (κ3) is 2.81. The van der Waals surface area contributed by atoms with Crippen molar-refractivity contribution in [1.82, 2.24) is 9.38 Å². The largest absolute Gasteiger partial charge is 0.376 e. The van der Waals surface area contributed by atoms with Gasteiger partial charge in [0, 0.05) is 18.7 Å². The van der Waals surface area contributed by atoms with Crippen molar-refractivity contribution in [2.45, 2.75) is 25.2 Å². The first-order valence-corrected chi connectivity index (χ1v) is 8.62. The number of anilines is 1. The van der Waals surface area contributed by atoms with Gasteiger partial charge in [0.1, 0.15) is 5.65 Å². The minimum absolute atomic E-state index is 0.0363. The van der Waals surface area contributed by atoms with Crippen LogP contribution in [0.3, 0.4) is 0 Å². The number of hydrogen-bond acceptors (Lipinski definition) is 5. The second-order valence-electron chi connectivity index (χ2n) is 6.47. The Labute approximate surface area is 149 Å². The standard InChI is InChI=1S/C19H18N4O3/c24-19-17(23(25)26)18(21-16-10-3-4-11-22(16)19)20-12-14-8-5-7-13-6-1-2-9-15(13)14/h1-4,6,9-11,14,20H,5,7-8,12H2. The van der Waals surface area contributed by atoms with Gasteiger partial charge in [-0.2, -0.15) is 0 Å². The molecule has 132 valence electrons. The van der Waals surface area contributed by atoms with E-state index in [4.69, 9.17) is 0 Å². The molecule has 0 saturated heterocycles. The fourth-order valence-corrected chi connectivity index (χ4v) is 3.65. The molecule has 1 atom stereocenters. The van der Waals surface area contributed by atoms with E-state index in [1.165, 1.54) is 21.7 Å². The van der Waals surface area contributed by atoms with E-state index in [9.17, 15) is 14.9 Å². The van der Waals surface area contributed by atoms with Gasteiger partial charge < -0.3 is 5.32 Å². The van der Waals surface area contributed by atoms with Crippen LogP contribution in [0, 0.1) is 10.1 Å². The number of hydrogen-bond donors (Lipinski definition) is 1. The quantitative estimate of drug-likeness (QED) is 0.577. The lowest BCUT2D eigenvalue weighted by Crippen LogP contribution is -2.23. The lowest BCUT2D eigenvalue weighted by Gasteiger charge is -2.25. The molecule has 0 spiro atoms. The molecule has 0 aliphatic heterocycles. The highest BCUT2D eigenvalue weighted by atomic mass is 16.6. The number of benzene rings is 1. The SMILES string of the molecule is O=c1c([N+](=O)[O-])c(NCC2CCCc3ccccc32)nc2ccccn12. The summed E-state index contributed by atoms with van der Waals surface area (Å²) in [4.78, 5) is 27.6. The van der Waals surface area contributed by atoms with Gasteiger partial charge >= 0.3 is 11.2 Å². The number of fused-ring (bicyclic) bond motifs is 2. The maximum Gasteiger partial charge on any atom is 0.376 e. The van der Waals surface area contributed by atoms with Gasteiger partial charge in [-0.25, -0.2) is 4.98 Å². The lowest BCUT2D eigenvalue weighted by atomic mass is 9.83. The van der Waals surface area contributed by atoms with Crippen LogP contribution in [0.5, 0.6) is 0 Å². The molecular formula is C19H18N4O3. The van der Waals surface area contributed by atoms with E-state index in [0.29, 0.717) is 12.2 Å². The fourth-order valence-electron chi connectivity index (χ4n) is 3.65. The summed E-state index contributed by atoms with van der Waals surface area (Å²) in [7, 11) is 0. The van der Waals surface area contributed by atoms with Gasteiger partial charge in [-0.3, -0.25) is 19.3 Å². The number of nitrogens with zero attached hydrogens (tertiary/aromatic N) is 3. The molecule has 1 aliphatic carbocycles. The van der Waals surface area contributed by atoms with Crippen LogP contribution in [-0.2, 0) is 6.42 Å². The molecule has 2 heterocycles. The van der Waals surface area contributed by atoms with Crippen molar-refractivity contribution in [2.24, 2.45) is 0 Å². The fraction of sp³-hybridized carbons (Fsp3) is 0.263. The van der Waals surface area contributed by atoms with Crippen molar-refractivity contribution in [3.05, 3.63) is 80.3 Å². The van der Waals surface area contributed by atoms with Gasteiger partial charge in [-0.1, -0.05) is 30.3 Å². The Morgan fingerprint density at radius 2 is 2.04 bits per heavy atom. The lowest BCUT2D eigenvalue weighted by molar-refractivity contribution is -0.385. The van der Waals surface area contributed by atoms with Crippen molar-refractivity contribution in [3.8, 4) is 0 Å². The summed E-state index contributed by atoms with van der Waals surface area (Å²) in [5.41, 5.74) is 1.79. The van der Waals surface area contributed by atoms with Gasteiger partial charge in [0.15, 0.2) is 0 Å². The molecule has 3 aromatic rings. The maximum absolute atomic E-state index is 12.5. The summed E-state index contributed by atoms with van der Waals surface area (Å²) in [5.74, 6) is 0.282. The van der Waals surface area contributed by atoms with E-state index >= 15 is 0 Å². The summed E-state index contributed by atoms with van der Waals surface area (Å²) in [6.07, 6.45) is 4.63. The van der Waals surface area contributed by atoms with Crippen molar-refractivity contribution in [2.75, 3.05) is 11.9 Å². The number of nitrogens with one attached hydrogen (secondary N) is 1. The predicted molar refractivity (Wildman–Crippen MR) is 98.7 cm³/mol. The zero-order valence-electron chi connectivity index (χ0n) is 14.1. The molecule has 1 aliphatic rings. The van der Waals surface area contributed by atoms with Gasteiger partial charge in [0.2, 0.25) is 5.82 Å². The predicted octanol–water partition coefficient (Wildman–Crippen LogP) is 3.13. The van der Waals surface area contributed by atoms with Crippen LogP contribution in [0.4, 0.5) is 11.5 Å². The minimum atomic E-state index is -0.674. The summed E-state index contributed by atoms with van der Waals surface area (Å²) in [6, 6.07) is 13.3. The number of pyridine rings is 1. The molecule has 4 rings (SSSR count). The molecule has 0 amide bonds. The Bertz CT molecular complexity index is 1040. The first-order chi connectivity index (χ1) is 12.6. The zero-order chi connectivity index (χ0) is 18.1. The van der Waals surface area contributed by atoms with E-state index in [-0.39, 0.29) is 11.7 Å². The molecule has 26 heavy (non-hydrogen) atoms. The average Bonchev–Trinajstić information content (AvgIpc) is 2.66. The molecule has 2 aromatic heterocycles. The zero-order valence-corrected chi connectivity index (χ0v) is 14.1. The van der Waals surface area contributed by atoms with Crippen LogP contribution < -0.4 is 10.9 Å². The van der Waals surface area contributed by atoms with Gasteiger partial charge in [-0.05, 0) is 42.5 Å². The summed E-state index contributed by atoms with van der Waals surface area (Å²) in [5, 5.41) is 14.5. The Morgan fingerprint density at radius 3 is 2.88 bits per heavy atom.